The van der Waals surface area contributed by atoms with Crippen molar-refractivity contribution in [2.24, 2.45) is 5.92 Å². The lowest BCUT2D eigenvalue weighted by atomic mass is 10.1. The van der Waals surface area contributed by atoms with Crippen molar-refractivity contribution in [2.75, 3.05) is 18.2 Å². The van der Waals surface area contributed by atoms with E-state index in [0.717, 1.165) is 4.47 Å². The highest BCUT2D eigenvalue weighted by Crippen LogP contribution is 2.23. The number of thioether (sulfide) groups is 1. The van der Waals surface area contributed by atoms with Crippen LogP contribution in [0.2, 0.25) is 0 Å². The van der Waals surface area contributed by atoms with Crippen LogP contribution in [0, 0.1) is 5.92 Å². The topological polar surface area (TPSA) is 82.3 Å². The van der Waals surface area contributed by atoms with E-state index in [1.807, 2.05) is 13.8 Å². The minimum atomic E-state index is -0.518. The van der Waals surface area contributed by atoms with Crippen molar-refractivity contribution in [3.8, 4) is 0 Å². The molecule has 2 N–H and O–H groups in total. The van der Waals surface area contributed by atoms with Crippen LogP contribution in [0.3, 0.4) is 0 Å². The Balaban J connectivity index is 1.86. The van der Waals surface area contributed by atoms with Gasteiger partial charge in [0.1, 0.15) is 11.7 Å². The molecule has 1 aromatic carbocycles. The fraction of sp³-hybridized carbons (Fsp3) is 0.389. The van der Waals surface area contributed by atoms with E-state index in [2.05, 4.69) is 26.2 Å². The van der Waals surface area contributed by atoms with Crippen LogP contribution in [0.4, 0.5) is 0 Å². The summed E-state index contributed by atoms with van der Waals surface area (Å²) in [5, 5.41) is 3.40. The van der Waals surface area contributed by atoms with Gasteiger partial charge in [-0.05, 0) is 24.1 Å². The molecule has 1 unspecified atom stereocenters. The molecular weight excluding hydrogens is 418 g/mol. The summed E-state index contributed by atoms with van der Waals surface area (Å²) in [5.74, 6) is 0.846. The van der Waals surface area contributed by atoms with Gasteiger partial charge in [0.05, 0.1) is 5.88 Å². The molecule has 1 atom stereocenters. The largest absolute Gasteiger partial charge is 0.354 e. The molecular formula is C18H20BrN3O3S. The predicted molar refractivity (Wildman–Crippen MR) is 107 cm³/mol. The molecule has 26 heavy (non-hydrogen) atoms. The van der Waals surface area contributed by atoms with Gasteiger partial charge in [0, 0.05) is 33.7 Å². The first-order chi connectivity index (χ1) is 12.4. The third-order valence-electron chi connectivity index (χ3n) is 4.15. The number of rotatable bonds is 4. The van der Waals surface area contributed by atoms with Crippen molar-refractivity contribution >= 4 is 50.4 Å². The number of fused-ring (bicyclic) bond motifs is 1. The van der Waals surface area contributed by atoms with Gasteiger partial charge < -0.3 is 15.2 Å². The highest BCUT2D eigenvalue weighted by atomic mass is 79.9. The van der Waals surface area contributed by atoms with Crippen molar-refractivity contribution in [3.05, 3.63) is 44.7 Å². The number of hydrogen-bond donors (Lipinski definition) is 2. The van der Waals surface area contributed by atoms with Gasteiger partial charge in [-0.2, -0.15) is 0 Å². The van der Waals surface area contributed by atoms with Gasteiger partial charge in [-0.15, -0.1) is 11.8 Å². The summed E-state index contributed by atoms with van der Waals surface area (Å²) in [4.78, 5) is 42.3. The summed E-state index contributed by atoms with van der Waals surface area (Å²) in [6, 6.07) is 6.07. The zero-order valence-electron chi connectivity index (χ0n) is 14.5. The number of aromatic amines is 1. The summed E-state index contributed by atoms with van der Waals surface area (Å²) in [7, 11) is 0. The van der Waals surface area contributed by atoms with Gasteiger partial charge in [0.2, 0.25) is 5.91 Å². The number of carbonyl (C=O) groups is 2. The fourth-order valence-corrected chi connectivity index (χ4v) is 4.29. The number of nitrogens with zero attached hydrogens (tertiary/aromatic N) is 1. The number of carbonyl (C=O) groups excluding carboxylic acids is 2. The second-order valence-corrected chi connectivity index (χ2v) is 8.58. The number of aromatic nitrogens is 1. The maximum Gasteiger partial charge on any atom is 0.271 e. The maximum absolute atomic E-state index is 12.9. The van der Waals surface area contributed by atoms with Gasteiger partial charge in [-0.3, -0.25) is 14.4 Å². The second kappa shape index (κ2) is 7.84. The molecule has 0 spiro atoms. The van der Waals surface area contributed by atoms with Gasteiger partial charge in [0.25, 0.3) is 5.91 Å². The number of nitrogens with one attached hydrogen (secondary N) is 2. The van der Waals surface area contributed by atoms with Crippen LogP contribution in [-0.4, -0.2) is 45.9 Å². The normalized spacial score (nSPS) is 17.1. The van der Waals surface area contributed by atoms with E-state index in [4.69, 9.17) is 0 Å². The van der Waals surface area contributed by atoms with Crippen LogP contribution in [0.1, 0.15) is 24.3 Å². The predicted octanol–water partition coefficient (Wildman–Crippen LogP) is 2.58. The maximum atomic E-state index is 12.9. The standard InChI is InChI=1S/C18H20BrN3O3S/c1-10(2)7-20-17(24)15-8-26-9-22(15)18(25)14-6-16(23)12-5-11(19)3-4-13(12)21-14/h3-6,10,15H,7-9H2,1-2H3,(H,20,24)(H,21,23). The summed E-state index contributed by atoms with van der Waals surface area (Å²) in [6.45, 7) is 4.61. The van der Waals surface area contributed by atoms with Crippen LogP contribution in [0.5, 0.6) is 0 Å². The number of halogens is 1. The fourth-order valence-electron chi connectivity index (χ4n) is 2.77. The SMILES string of the molecule is CC(C)CNC(=O)C1CSCN1C(=O)c1cc(=O)c2cc(Br)ccc2[nH]1. The minimum absolute atomic E-state index is 0.149. The van der Waals surface area contributed by atoms with E-state index in [-0.39, 0.29) is 22.9 Å². The number of benzene rings is 1. The first-order valence-electron chi connectivity index (χ1n) is 8.36. The van der Waals surface area contributed by atoms with Crippen LogP contribution < -0.4 is 10.7 Å². The van der Waals surface area contributed by atoms with Gasteiger partial charge in [-0.1, -0.05) is 29.8 Å². The molecule has 0 radical (unpaired) electrons. The minimum Gasteiger partial charge on any atom is -0.354 e. The van der Waals surface area contributed by atoms with E-state index in [0.29, 0.717) is 35.0 Å². The molecule has 2 aromatic rings. The third-order valence-corrected chi connectivity index (χ3v) is 5.66. The molecule has 3 rings (SSSR count). The Bertz CT molecular complexity index is 912. The highest BCUT2D eigenvalue weighted by Gasteiger charge is 2.35. The quantitative estimate of drug-likeness (QED) is 0.769. The molecule has 1 fully saturated rings. The first-order valence-corrected chi connectivity index (χ1v) is 10.3. The Morgan fingerprint density at radius 2 is 2.15 bits per heavy atom. The van der Waals surface area contributed by atoms with Crippen molar-refractivity contribution in [2.45, 2.75) is 19.9 Å². The molecule has 8 heteroatoms. The number of hydrogen-bond acceptors (Lipinski definition) is 4. The Labute approximate surface area is 163 Å². The Hall–Kier alpha value is -1.80. The zero-order valence-corrected chi connectivity index (χ0v) is 16.9. The zero-order chi connectivity index (χ0) is 18.8. The van der Waals surface area contributed by atoms with Crippen molar-refractivity contribution in [1.29, 1.82) is 0 Å². The van der Waals surface area contributed by atoms with Gasteiger partial charge >= 0.3 is 0 Å². The highest BCUT2D eigenvalue weighted by molar-refractivity contribution is 9.10. The molecule has 1 saturated heterocycles. The number of amides is 2. The molecule has 2 heterocycles. The molecule has 0 bridgehead atoms. The van der Waals surface area contributed by atoms with Gasteiger partial charge in [0.15, 0.2) is 5.43 Å². The smallest absolute Gasteiger partial charge is 0.271 e. The van der Waals surface area contributed by atoms with E-state index < -0.39 is 6.04 Å². The number of H-pyrrole nitrogens is 1. The summed E-state index contributed by atoms with van der Waals surface area (Å²) in [5.41, 5.74) is 0.571. The third kappa shape index (κ3) is 3.96. The average molecular weight is 438 g/mol. The van der Waals surface area contributed by atoms with E-state index >= 15 is 0 Å². The van der Waals surface area contributed by atoms with E-state index in [1.54, 1.807) is 18.2 Å². The molecule has 1 aliphatic heterocycles. The van der Waals surface area contributed by atoms with Gasteiger partial charge in [-0.25, -0.2) is 0 Å². The molecule has 1 aliphatic rings. The Morgan fingerprint density at radius 1 is 1.38 bits per heavy atom. The molecule has 1 aromatic heterocycles. The van der Waals surface area contributed by atoms with Crippen LogP contribution >= 0.6 is 27.7 Å². The summed E-state index contributed by atoms with van der Waals surface area (Å²) in [6.07, 6.45) is 0. The lowest BCUT2D eigenvalue weighted by molar-refractivity contribution is -0.124. The first kappa shape index (κ1) is 19.0. The lowest BCUT2D eigenvalue weighted by Crippen LogP contribution is -2.48. The second-order valence-electron chi connectivity index (χ2n) is 6.67. The average Bonchev–Trinajstić information content (AvgIpc) is 3.09. The summed E-state index contributed by atoms with van der Waals surface area (Å²) < 4.78 is 0.799. The molecule has 2 amide bonds. The van der Waals surface area contributed by atoms with Crippen molar-refractivity contribution in [3.63, 3.8) is 0 Å². The van der Waals surface area contributed by atoms with Crippen LogP contribution in [0.25, 0.3) is 10.9 Å². The molecule has 0 aliphatic carbocycles. The Kier molecular flexibility index (Phi) is 5.72. The lowest BCUT2D eigenvalue weighted by Gasteiger charge is -2.23. The van der Waals surface area contributed by atoms with E-state index in [9.17, 15) is 14.4 Å². The molecule has 6 nitrogen and oxygen atoms in total. The van der Waals surface area contributed by atoms with Crippen LogP contribution in [-0.2, 0) is 4.79 Å². The van der Waals surface area contributed by atoms with Crippen molar-refractivity contribution < 1.29 is 9.59 Å². The van der Waals surface area contributed by atoms with Crippen molar-refractivity contribution in [1.82, 2.24) is 15.2 Å². The van der Waals surface area contributed by atoms with Crippen LogP contribution in [0.15, 0.2) is 33.5 Å². The Morgan fingerprint density at radius 3 is 2.88 bits per heavy atom. The monoisotopic (exact) mass is 437 g/mol. The molecule has 0 saturated carbocycles. The van der Waals surface area contributed by atoms with E-state index in [1.165, 1.54) is 22.7 Å². The molecule has 138 valence electrons. The number of pyridine rings is 1. The summed E-state index contributed by atoms with van der Waals surface area (Å²) >= 11 is 4.87.